The van der Waals surface area contributed by atoms with E-state index in [9.17, 15) is 9.59 Å². The van der Waals surface area contributed by atoms with Gasteiger partial charge < -0.3 is 23.8 Å². The van der Waals surface area contributed by atoms with E-state index in [4.69, 9.17) is 18.9 Å². The summed E-state index contributed by atoms with van der Waals surface area (Å²) in [6, 6.07) is 10.5. The van der Waals surface area contributed by atoms with Gasteiger partial charge in [0, 0.05) is 30.6 Å². The van der Waals surface area contributed by atoms with Crippen molar-refractivity contribution < 1.29 is 28.5 Å². The maximum Gasteiger partial charge on any atom is 0.273 e. The van der Waals surface area contributed by atoms with Crippen LogP contribution in [0.5, 0.6) is 23.0 Å². The number of carbonyl (C=O) groups excluding carboxylic acids is 2. The second-order valence-corrected chi connectivity index (χ2v) is 8.12. The predicted molar refractivity (Wildman–Crippen MR) is 130 cm³/mol. The van der Waals surface area contributed by atoms with Crippen LogP contribution in [0.2, 0.25) is 0 Å². The van der Waals surface area contributed by atoms with Crippen LogP contribution in [0.15, 0.2) is 41.8 Å². The third-order valence-corrected chi connectivity index (χ3v) is 5.85. The van der Waals surface area contributed by atoms with Crippen LogP contribution in [0.4, 0.5) is 5.13 Å². The van der Waals surface area contributed by atoms with Crippen LogP contribution in [-0.2, 0) is 6.42 Å². The zero-order valence-corrected chi connectivity index (χ0v) is 20.5. The van der Waals surface area contributed by atoms with E-state index in [1.165, 1.54) is 25.6 Å². The molecule has 0 saturated heterocycles. The van der Waals surface area contributed by atoms with Gasteiger partial charge in [-0.15, -0.1) is 11.3 Å². The van der Waals surface area contributed by atoms with Gasteiger partial charge in [-0.2, -0.15) is 0 Å². The van der Waals surface area contributed by atoms with Crippen LogP contribution in [0.25, 0.3) is 0 Å². The van der Waals surface area contributed by atoms with E-state index >= 15 is 0 Å². The second kappa shape index (κ2) is 11.4. The summed E-state index contributed by atoms with van der Waals surface area (Å²) in [5.41, 5.74) is 1.63. The lowest BCUT2D eigenvalue weighted by Crippen LogP contribution is -2.29. The molecule has 0 unspecified atom stereocenters. The molecule has 9 nitrogen and oxygen atoms in total. The number of ether oxygens (including phenoxy) is 4. The van der Waals surface area contributed by atoms with Crippen LogP contribution in [0.1, 0.15) is 26.4 Å². The van der Waals surface area contributed by atoms with Gasteiger partial charge in [-0.1, -0.05) is 6.07 Å². The maximum atomic E-state index is 12.8. The number of benzene rings is 2. The summed E-state index contributed by atoms with van der Waals surface area (Å²) >= 11 is 1.18. The zero-order valence-electron chi connectivity index (χ0n) is 19.7. The second-order valence-electron chi connectivity index (χ2n) is 7.26. The van der Waals surface area contributed by atoms with Crippen molar-refractivity contribution in [3.63, 3.8) is 0 Å². The number of likely N-dealkylation sites (N-methyl/N-ethyl adjacent to an activating group) is 1. The lowest BCUT2D eigenvalue weighted by molar-refractivity contribution is 0.0791. The largest absolute Gasteiger partial charge is 0.497 e. The Morgan fingerprint density at radius 1 is 0.941 bits per heavy atom. The summed E-state index contributed by atoms with van der Waals surface area (Å²) in [4.78, 5) is 31.3. The van der Waals surface area contributed by atoms with Crippen LogP contribution >= 0.6 is 11.3 Å². The Hall–Kier alpha value is -3.79. The maximum absolute atomic E-state index is 12.8. The summed E-state index contributed by atoms with van der Waals surface area (Å²) < 4.78 is 21.0. The van der Waals surface area contributed by atoms with Crippen molar-refractivity contribution in [1.82, 2.24) is 9.88 Å². The van der Waals surface area contributed by atoms with E-state index in [-0.39, 0.29) is 17.5 Å². The average molecular weight is 486 g/mol. The number of thiazole rings is 1. The van der Waals surface area contributed by atoms with Crippen molar-refractivity contribution in [2.24, 2.45) is 0 Å². The SMILES string of the molecule is COc1cc(OC)cc(C(=O)Nc2nc(C(=O)N(C)CCc3ccc(OC)c(OC)c3)cs2)c1. The highest BCUT2D eigenvalue weighted by atomic mass is 32.1. The first-order chi connectivity index (χ1) is 16.4. The fourth-order valence-electron chi connectivity index (χ4n) is 3.17. The molecule has 34 heavy (non-hydrogen) atoms. The van der Waals surface area contributed by atoms with Gasteiger partial charge in [-0.25, -0.2) is 4.98 Å². The lowest BCUT2D eigenvalue weighted by atomic mass is 10.1. The summed E-state index contributed by atoms with van der Waals surface area (Å²) in [6.07, 6.45) is 0.633. The molecule has 3 aromatic rings. The average Bonchev–Trinajstić information content (AvgIpc) is 3.34. The number of hydrogen-bond acceptors (Lipinski definition) is 8. The molecule has 0 aliphatic carbocycles. The standard InChI is InChI=1S/C24H27N3O6S/c1-27(9-8-15-6-7-20(32-4)21(10-15)33-5)23(29)19-14-34-24(25-19)26-22(28)16-11-17(30-2)13-18(12-16)31-3/h6-7,10-14H,8-9H2,1-5H3,(H,25,26,28). The smallest absolute Gasteiger partial charge is 0.273 e. The van der Waals surface area contributed by atoms with Crippen molar-refractivity contribution in [3.05, 3.63) is 58.6 Å². The minimum Gasteiger partial charge on any atom is -0.497 e. The van der Waals surface area contributed by atoms with Gasteiger partial charge >= 0.3 is 0 Å². The molecule has 1 aromatic heterocycles. The lowest BCUT2D eigenvalue weighted by Gasteiger charge is -2.16. The molecule has 2 amide bonds. The van der Waals surface area contributed by atoms with Gasteiger partial charge in [0.25, 0.3) is 11.8 Å². The molecular formula is C24H27N3O6S. The van der Waals surface area contributed by atoms with E-state index in [0.29, 0.717) is 46.7 Å². The number of carbonyl (C=O) groups is 2. The molecule has 0 saturated carbocycles. The number of anilines is 1. The molecule has 180 valence electrons. The Labute approximate surface area is 202 Å². The van der Waals surface area contributed by atoms with Gasteiger partial charge in [0.05, 0.1) is 28.4 Å². The zero-order chi connectivity index (χ0) is 24.7. The summed E-state index contributed by atoms with van der Waals surface area (Å²) in [5.74, 6) is 1.67. The molecule has 10 heteroatoms. The minimum absolute atomic E-state index is 0.236. The molecule has 3 rings (SSSR count). The highest BCUT2D eigenvalue weighted by Gasteiger charge is 2.18. The van der Waals surface area contributed by atoms with Gasteiger partial charge in [0.1, 0.15) is 17.2 Å². The molecule has 2 aromatic carbocycles. The first-order valence-corrected chi connectivity index (χ1v) is 11.2. The van der Waals surface area contributed by atoms with Crippen molar-refractivity contribution >= 4 is 28.3 Å². The number of hydrogen-bond donors (Lipinski definition) is 1. The Kier molecular flexibility index (Phi) is 8.31. The molecular weight excluding hydrogens is 458 g/mol. The highest BCUT2D eigenvalue weighted by Crippen LogP contribution is 2.28. The molecule has 0 fully saturated rings. The first-order valence-electron chi connectivity index (χ1n) is 10.3. The third-order valence-electron chi connectivity index (χ3n) is 5.09. The molecule has 0 atom stereocenters. The number of aromatic nitrogens is 1. The van der Waals surface area contributed by atoms with Crippen molar-refractivity contribution in [3.8, 4) is 23.0 Å². The Morgan fingerprint density at radius 2 is 1.62 bits per heavy atom. The topological polar surface area (TPSA) is 99.2 Å². The monoisotopic (exact) mass is 485 g/mol. The van der Waals surface area contributed by atoms with Crippen LogP contribution < -0.4 is 24.3 Å². The number of methoxy groups -OCH3 is 4. The van der Waals surface area contributed by atoms with E-state index in [2.05, 4.69) is 10.3 Å². The molecule has 0 spiro atoms. The highest BCUT2D eigenvalue weighted by molar-refractivity contribution is 7.14. The van der Waals surface area contributed by atoms with Gasteiger partial charge in [0.2, 0.25) is 0 Å². The van der Waals surface area contributed by atoms with Crippen LogP contribution in [0, 0.1) is 0 Å². The van der Waals surface area contributed by atoms with Crippen LogP contribution in [-0.4, -0.2) is 63.7 Å². The third kappa shape index (κ3) is 5.96. The number of rotatable bonds is 10. The van der Waals surface area contributed by atoms with Crippen molar-refractivity contribution in [1.29, 1.82) is 0 Å². The van der Waals surface area contributed by atoms with E-state index < -0.39 is 0 Å². The van der Waals surface area contributed by atoms with Crippen molar-refractivity contribution in [2.45, 2.75) is 6.42 Å². The number of amides is 2. The molecule has 0 aliphatic rings. The van der Waals surface area contributed by atoms with E-state index in [1.807, 2.05) is 18.2 Å². The van der Waals surface area contributed by atoms with E-state index in [0.717, 1.165) is 5.56 Å². The number of nitrogens with one attached hydrogen (secondary N) is 1. The summed E-state index contributed by atoms with van der Waals surface area (Å²) in [5, 5.41) is 4.66. The first kappa shape index (κ1) is 24.8. The fourth-order valence-corrected chi connectivity index (χ4v) is 3.85. The molecule has 0 radical (unpaired) electrons. The van der Waals surface area contributed by atoms with Gasteiger partial charge in [0.15, 0.2) is 16.6 Å². The Morgan fingerprint density at radius 3 is 2.24 bits per heavy atom. The van der Waals surface area contributed by atoms with Crippen molar-refractivity contribution in [2.75, 3.05) is 47.3 Å². The predicted octanol–water partition coefficient (Wildman–Crippen LogP) is 3.74. The molecule has 0 bridgehead atoms. The van der Waals surface area contributed by atoms with E-state index in [1.54, 1.807) is 49.7 Å². The number of nitrogens with zero attached hydrogens (tertiary/aromatic N) is 2. The van der Waals surface area contributed by atoms with Gasteiger partial charge in [-0.3, -0.25) is 14.9 Å². The van der Waals surface area contributed by atoms with Gasteiger partial charge in [-0.05, 0) is 36.2 Å². The quantitative estimate of drug-likeness (QED) is 0.467. The molecule has 1 heterocycles. The summed E-state index contributed by atoms with van der Waals surface area (Å²) in [6.45, 7) is 0.483. The normalized spacial score (nSPS) is 10.4. The molecule has 0 aliphatic heterocycles. The minimum atomic E-state index is -0.382. The fraction of sp³-hybridized carbons (Fsp3) is 0.292. The Bertz CT molecular complexity index is 1140. The van der Waals surface area contributed by atoms with Crippen LogP contribution in [0.3, 0.4) is 0 Å². The Balaban J connectivity index is 1.62. The molecule has 1 N–H and O–H groups in total. The summed E-state index contributed by atoms with van der Waals surface area (Å²) in [7, 11) is 7.90.